The second-order valence-corrected chi connectivity index (χ2v) is 2.26. The first kappa shape index (κ1) is 9.48. The van der Waals surface area contributed by atoms with Gasteiger partial charge in [-0.15, -0.1) is 0 Å². The van der Waals surface area contributed by atoms with Gasteiger partial charge in [-0.3, -0.25) is 0 Å². The number of allylic oxidation sites excluding steroid dienone is 4. The predicted molar refractivity (Wildman–Crippen MR) is 47.8 cm³/mol. The summed E-state index contributed by atoms with van der Waals surface area (Å²) in [6, 6.07) is 0. The average molecular weight is 137 g/mol. The van der Waals surface area contributed by atoms with Gasteiger partial charge in [-0.25, -0.2) is 0 Å². The molecular formula is C10H17. The molecule has 0 aliphatic carbocycles. The van der Waals surface area contributed by atoms with Gasteiger partial charge in [0.05, 0.1) is 0 Å². The fraction of sp³-hybridized carbons (Fsp3) is 0.500. The maximum Gasteiger partial charge on any atom is -0.0133 e. The molecule has 0 saturated carbocycles. The van der Waals surface area contributed by atoms with Crippen LogP contribution in [0.4, 0.5) is 0 Å². The highest BCUT2D eigenvalue weighted by Crippen LogP contribution is 1.94. The smallest absolute Gasteiger partial charge is 0.0133 e. The molecule has 0 heteroatoms. The lowest BCUT2D eigenvalue weighted by Crippen LogP contribution is -1.66. The summed E-state index contributed by atoms with van der Waals surface area (Å²) in [4.78, 5) is 0. The number of hydrogen-bond donors (Lipinski definition) is 0. The zero-order chi connectivity index (χ0) is 7.66. The molecule has 0 nitrogen and oxygen atoms in total. The van der Waals surface area contributed by atoms with Crippen molar-refractivity contribution in [3.63, 3.8) is 0 Å². The van der Waals surface area contributed by atoms with Crippen LogP contribution >= 0.6 is 0 Å². The molecule has 0 aromatic rings. The van der Waals surface area contributed by atoms with Gasteiger partial charge in [0.15, 0.2) is 0 Å². The van der Waals surface area contributed by atoms with Crippen LogP contribution in [0.15, 0.2) is 24.3 Å². The van der Waals surface area contributed by atoms with E-state index >= 15 is 0 Å². The molecule has 0 atom stereocenters. The van der Waals surface area contributed by atoms with Crippen molar-refractivity contribution < 1.29 is 0 Å². The van der Waals surface area contributed by atoms with E-state index < -0.39 is 0 Å². The lowest BCUT2D eigenvalue weighted by atomic mass is 10.2. The highest BCUT2D eigenvalue weighted by atomic mass is 13.8. The summed E-state index contributed by atoms with van der Waals surface area (Å²) in [5.41, 5.74) is 0. The van der Waals surface area contributed by atoms with Crippen LogP contribution in [0.3, 0.4) is 0 Å². The minimum Gasteiger partial charge on any atom is -0.0914 e. The van der Waals surface area contributed by atoms with E-state index in [1.807, 2.05) is 13.0 Å². The van der Waals surface area contributed by atoms with Crippen molar-refractivity contribution >= 4 is 0 Å². The molecule has 0 amide bonds. The van der Waals surface area contributed by atoms with Gasteiger partial charge in [0.2, 0.25) is 0 Å². The first-order chi connectivity index (χ1) is 4.91. The molecule has 0 rings (SSSR count). The van der Waals surface area contributed by atoms with Crippen LogP contribution in [0, 0.1) is 6.42 Å². The molecule has 10 heavy (non-hydrogen) atoms. The summed E-state index contributed by atoms with van der Waals surface area (Å²) in [6.07, 6.45) is 14.3. The second kappa shape index (κ2) is 8.48. The van der Waals surface area contributed by atoms with Crippen molar-refractivity contribution in [3.05, 3.63) is 30.7 Å². The van der Waals surface area contributed by atoms with Crippen molar-refractivity contribution in [1.29, 1.82) is 0 Å². The quantitative estimate of drug-likeness (QED) is 0.402. The Balaban J connectivity index is 3.02. The van der Waals surface area contributed by atoms with Crippen LogP contribution in [0.5, 0.6) is 0 Å². The Morgan fingerprint density at radius 1 is 1.20 bits per heavy atom. The van der Waals surface area contributed by atoms with Crippen molar-refractivity contribution in [2.24, 2.45) is 0 Å². The molecule has 0 heterocycles. The minimum absolute atomic E-state index is 1.07. The van der Waals surface area contributed by atoms with Gasteiger partial charge in [0.25, 0.3) is 0 Å². The molecule has 0 bridgehead atoms. The number of rotatable bonds is 5. The van der Waals surface area contributed by atoms with Crippen molar-refractivity contribution in [2.45, 2.75) is 33.1 Å². The zero-order valence-electron chi connectivity index (χ0n) is 7.01. The third-order valence-electron chi connectivity index (χ3n) is 1.22. The van der Waals surface area contributed by atoms with Gasteiger partial charge in [-0.1, -0.05) is 37.6 Å². The van der Waals surface area contributed by atoms with Crippen LogP contribution in [0.2, 0.25) is 0 Å². The maximum absolute atomic E-state index is 2.24. The van der Waals surface area contributed by atoms with E-state index in [2.05, 4.69) is 31.6 Å². The Morgan fingerprint density at radius 2 is 2.00 bits per heavy atom. The third-order valence-corrected chi connectivity index (χ3v) is 1.22. The first-order valence-corrected chi connectivity index (χ1v) is 4.01. The Labute approximate surface area is 64.6 Å². The molecule has 0 aliphatic rings. The highest BCUT2D eigenvalue weighted by molar-refractivity contribution is 4.98. The second-order valence-electron chi connectivity index (χ2n) is 2.26. The van der Waals surface area contributed by atoms with E-state index in [4.69, 9.17) is 0 Å². The fourth-order valence-electron chi connectivity index (χ4n) is 0.674. The zero-order valence-corrected chi connectivity index (χ0v) is 7.01. The van der Waals surface area contributed by atoms with E-state index in [-0.39, 0.29) is 0 Å². The summed E-state index contributed by atoms with van der Waals surface area (Å²) in [7, 11) is 0. The van der Waals surface area contributed by atoms with Crippen molar-refractivity contribution in [2.75, 3.05) is 0 Å². The first-order valence-electron chi connectivity index (χ1n) is 4.01. The molecule has 0 aliphatic heterocycles. The molecule has 0 aromatic heterocycles. The third kappa shape index (κ3) is 7.48. The lowest BCUT2D eigenvalue weighted by molar-refractivity contribution is 0.953. The molecule has 1 radical (unpaired) electrons. The lowest BCUT2D eigenvalue weighted by Gasteiger charge is -1.85. The molecule has 0 spiro atoms. The van der Waals surface area contributed by atoms with E-state index in [0.717, 1.165) is 6.42 Å². The van der Waals surface area contributed by atoms with Gasteiger partial charge in [0.1, 0.15) is 0 Å². The van der Waals surface area contributed by atoms with Crippen molar-refractivity contribution in [3.8, 4) is 0 Å². The van der Waals surface area contributed by atoms with Crippen LogP contribution in [-0.4, -0.2) is 0 Å². The van der Waals surface area contributed by atoms with Gasteiger partial charge in [-0.05, 0) is 26.2 Å². The Morgan fingerprint density at radius 3 is 2.60 bits per heavy atom. The highest BCUT2D eigenvalue weighted by Gasteiger charge is 1.75. The molecule has 57 valence electrons. The maximum atomic E-state index is 2.24. The Hall–Kier alpha value is -0.520. The standard InChI is InChI=1S/C10H17/c1-3-5-7-9-10-8-6-4-2/h3,5,7-8,10H,4,6,9H2,1-2H3. The van der Waals surface area contributed by atoms with Gasteiger partial charge in [-0.2, -0.15) is 0 Å². The molecule has 0 fully saturated rings. The number of unbranched alkanes of at least 4 members (excludes halogenated alkanes) is 2. The molecular weight excluding hydrogens is 120 g/mol. The summed E-state index contributed by atoms with van der Waals surface area (Å²) in [5, 5.41) is 0. The van der Waals surface area contributed by atoms with Crippen LogP contribution in [0.1, 0.15) is 33.1 Å². The van der Waals surface area contributed by atoms with Gasteiger partial charge in [0, 0.05) is 0 Å². The van der Waals surface area contributed by atoms with E-state index in [0.29, 0.717) is 0 Å². The monoisotopic (exact) mass is 137 g/mol. The topological polar surface area (TPSA) is 0 Å². The largest absolute Gasteiger partial charge is 0.0914 e. The van der Waals surface area contributed by atoms with Gasteiger partial charge < -0.3 is 0 Å². The van der Waals surface area contributed by atoms with Crippen molar-refractivity contribution in [1.82, 2.24) is 0 Å². The Bertz CT molecular complexity index is 98.6. The number of hydrogen-bond acceptors (Lipinski definition) is 0. The van der Waals surface area contributed by atoms with Crippen LogP contribution in [-0.2, 0) is 0 Å². The molecule has 0 aromatic carbocycles. The van der Waals surface area contributed by atoms with Crippen LogP contribution < -0.4 is 0 Å². The summed E-state index contributed by atoms with van der Waals surface area (Å²) >= 11 is 0. The summed E-state index contributed by atoms with van der Waals surface area (Å²) in [5.74, 6) is 0. The average Bonchev–Trinajstić information content (AvgIpc) is 1.97. The van der Waals surface area contributed by atoms with E-state index in [1.165, 1.54) is 12.8 Å². The fourth-order valence-corrected chi connectivity index (χ4v) is 0.674. The predicted octanol–water partition coefficient (Wildman–Crippen LogP) is 3.51. The SMILES string of the molecule is CC=C[CH]CC=CCCC. The molecule has 0 saturated heterocycles. The summed E-state index contributed by atoms with van der Waals surface area (Å²) < 4.78 is 0. The molecule has 0 unspecified atom stereocenters. The minimum atomic E-state index is 1.07. The van der Waals surface area contributed by atoms with Gasteiger partial charge >= 0.3 is 0 Å². The van der Waals surface area contributed by atoms with E-state index in [1.54, 1.807) is 0 Å². The normalized spacial score (nSPS) is 11.8. The van der Waals surface area contributed by atoms with E-state index in [9.17, 15) is 0 Å². The Kier molecular flexibility index (Phi) is 8.04. The summed E-state index contributed by atoms with van der Waals surface area (Å²) in [6.45, 7) is 4.23. The van der Waals surface area contributed by atoms with Crippen LogP contribution in [0.25, 0.3) is 0 Å². The molecule has 0 N–H and O–H groups in total.